The molecule has 2 saturated heterocycles. The number of aliphatic hydroxyl groups is 1. The summed E-state index contributed by atoms with van der Waals surface area (Å²) in [6.07, 6.45) is 0.150. The van der Waals surface area contributed by atoms with E-state index in [0.717, 1.165) is 6.42 Å². The summed E-state index contributed by atoms with van der Waals surface area (Å²) in [6, 6.07) is 0. The summed E-state index contributed by atoms with van der Waals surface area (Å²) in [7, 11) is 0. The van der Waals surface area contributed by atoms with Gasteiger partial charge in [-0.3, -0.25) is 0 Å². The first-order valence-electron chi connectivity index (χ1n) is 3.36. The number of aliphatic hydroxyl groups excluding tert-OH is 1. The van der Waals surface area contributed by atoms with E-state index in [-0.39, 0.29) is 17.2 Å². The van der Waals surface area contributed by atoms with Gasteiger partial charge in [-0.1, -0.05) is 15.9 Å². The van der Waals surface area contributed by atoms with Crippen LogP contribution in [0.2, 0.25) is 0 Å². The average Bonchev–Trinajstić information content (AvgIpc) is 2.29. The zero-order valence-corrected chi connectivity index (χ0v) is 6.95. The van der Waals surface area contributed by atoms with Crippen molar-refractivity contribution >= 4 is 15.9 Å². The van der Waals surface area contributed by atoms with Gasteiger partial charge in [0.05, 0.1) is 12.7 Å². The fourth-order valence-corrected chi connectivity index (χ4v) is 2.00. The van der Waals surface area contributed by atoms with Gasteiger partial charge in [0.25, 0.3) is 0 Å². The van der Waals surface area contributed by atoms with Gasteiger partial charge in [-0.05, 0) is 6.42 Å². The smallest absolute Gasteiger partial charge is 0.185 e. The fourth-order valence-electron chi connectivity index (χ4n) is 1.33. The number of alkyl halides is 1. The van der Waals surface area contributed by atoms with Crippen LogP contribution in [-0.2, 0) is 9.47 Å². The molecule has 0 aromatic heterocycles. The highest BCUT2D eigenvalue weighted by Gasteiger charge is 2.41. The zero-order chi connectivity index (χ0) is 7.14. The number of ether oxygens (including phenoxy) is 2. The molecule has 0 amide bonds. The molecule has 0 spiro atoms. The maximum atomic E-state index is 9.37. The van der Waals surface area contributed by atoms with Crippen molar-refractivity contribution in [2.75, 3.05) is 6.61 Å². The Morgan fingerprint density at radius 3 is 3.10 bits per heavy atom. The van der Waals surface area contributed by atoms with Crippen molar-refractivity contribution in [3.05, 3.63) is 0 Å². The second-order valence-electron chi connectivity index (χ2n) is 2.70. The second-order valence-corrected chi connectivity index (χ2v) is 3.88. The molecule has 58 valence electrons. The largest absolute Gasteiger partial charge is 0.387 e. The van der Waals surface area contributed by atoms with E-state index in [4.69, 9.17) is 9.47 Å². The normalized spacial score (nSPS) is 53.4. The lowest BCUT2D eigenvalue weighted by molar-refractivity contribution is -0.148. The molecule has 2 heterocycles. The Balaban J connectivity index is 2.09. The molecule has 10 heavy (non-hydrogen) atoms. The molecule has 2 rings (SSSR count). The van der Waals surface area contributed by atoms with Gasteiger partial charge < -0.3 is 14.6 Å². The van der Waals surface area contributed by atoms with Crippen molar-refractivity contribution in [3.8, 4) is 0 Å². The predicted octanol–water partition coefficient (Wildman–Crippen LogP) is 0.256. The van der Waals surface area contributed by atoms with Gasteiger partial charge in [0.1, 0.15) is 6.10 Å². The molecule has 1 N–H and O–H groups in total. The lowest BCUT2D eigenvalue weighted by Gasteiger charge is -2.27. The van der Waals surface area contributed by atoms with Crippen LogP contribution in [-0.4, -0.2) is 35.0 Å². The SMILES string of the molecule is O[C@H]1[C@@H]2OC[C@H](C[C@@H]1Br)O2. The second kappa shape index (κ2) is 2.44. The highest BCUT2D eigenvalue weighted by Crippen LogP contribution is 2.31. The standard InChI is InChI=1S/C6H9BrO3/c7-4-1-3-2-9-6(10-3)5(4)8/h3-6,8H,1-2H2/t3-,4-,5+,6+/m0/s1. The lowest BCUT2D eigenvalue weighted by atomic mass is 10.1. The quantitative estimate of drug-likeness (QED) is 0.581. The number of hydrogen-bond donors (Lipinski definition) is 1. The highest BCUT2D eigenvalue weighted by molar-refractivity contribution is 9.09. The van der Waals surface area contributed by atoms with Crippen molar-refractivity contribution < 1.29 is 14.6 Å². The van der Waals surface area contributed by atoms with Crippen molar-refractivity contribution in [2.45, 2.75) is 29.7 Å². The molecule has 0 aromatic rings. The Hall–Kier alpha value is 0.360. The zero-order valence-electron chi connectivity index (χ0n) is 5.37. The van der Waals surface area contributed by atoms with Crippen LogP contribution in [0.25, 0.3) is 0 Å². The van der Waals surface area contributed by atoms with Gasteiger partial charge in [0, 0.05) is 4.83 Å². The minimum atomic E-state index is -0.501. The van der Waals surface area contributed by atoms with Crippen LogP contribution in [0.15, 0.2) is 0 Å². The van der Waals surface area contributed by atoms with E-state index in [1.54, 1.807) is 0 Å². The molecule has 3 nitrogen and oxygen atoms in total. The summed E-state index contributed by atoms with van der Waals surface area (Å²) >= 11 is 3.36. The molecule has 2 fully saturated rings. The molecule has 0 saturated carbocycles. The van der Waals surface area contributed by atoms with E-state index in [0.29, 0.717) is 6.61 Å². The Morgan fingerprint density at radius 2 is 2.30 bits per heavy atom. The van der Waals surface area contributed by atoms with Crippen molar-refractivity contribution in [2.24, 2.45) is 0 Å². The fraction of sp³-hybridized carbons (Fsp3) is 1.00. The van der Waals surface area contributed by atoms with E-state index < -0.39 is 6.10 Å². The third-order valence-electron chi connectivity index (χ3n) is 1.91. The highest BCUT2D eigenvalue weighted by atomic mass is 79.9. The van der Waals surface area contributed by atoms with E-state index in [9.17, 15) is 5.11 Å². The van der Waals surface area contributed by atoms with Gasteiger partial charge in [-0.2, -0.15) is 0 Å². The maximum Gasteiger partial charge on any atom is 0.185 e. The Kier molecular flexibility index (Phi) is 1.72. The van der Waals surface area contributed by atoms with Crippen molar-refractivity contribution in [1.29, 1.82) is 0 Å². The molecule has 0 unspecified atom stereocenters. The maximum absolute atomic E-state index is 9.37. The lowest BCUT2D eigenvalue weighted by Crippen LogP contribution is -2.40. The van der Waals surface area contributed by atoms with Crippen LogP contribution < -0.4 is 0 Å². The van der Waals surface area contributed by atoms with Crippen LogP contribution in [0.1, 0.15) is 6.42 Å². The first kappa shape index (κ1) is 7.03. The average molecular weight is 209 g/mol. The van der Waals surface area contributed by atoms with Crippen LogP contribution in [0, 0.1) is 0 Å². The molecule has 0 aromatic carbocycles. The summed E-state index contributed by atoms with van der Waals surface area (Å²) < 4.78 is 10.4. The molecule has 2 bridgehead atoms. The van der Waals surface area contributed by atoms with Crippen LogP contribution in [0.3, 0.4) is 0 Å². The Bertz CT molecular complexity index is 141. The number of fused-ring (bicyclic) bond motifs is 2. The number of rotatable bonds is 0. The van der Waals surface area contributed by atoms with Gasteiger partial charge >= 0.3 is 0 Å². The van der Waals surface area contributed by atoms with E-state index >= 15 is 0 Å². The molecule has 2 aliphatic heterocycles. The summed E-state index contributed by atoms with van der Waals surface area (Å²) in [5.41, 5.74) is 0. The third-order valence-corrected chi connectivity index (χ3v) is 2.83. The molecule has 0 radical (unpaired) electrons. The first-order valence-corrected chi connectivity index (χ1v) is 4.28. The molecule has 2 aliphatic rings. The first-order chi connectivity index (χ1) is 4.77. The Labute approximate surface area is 67.4 Å². The number of halogens is 1. The molecular weight excluding hydrogens is 200 g/mol. The number of hydrogen-bond acceptors (Lipinski definition) is 3. The monoisotopic (exact) mass is 208 g/mol. The summed E-state index contributed by atoms with van der Waals surface area (Å²) in [4.78, 5) is 0.138. The molecule has 0 aliphatic carbocycles. The van der Waals surface area contributed by atoms with Crippen LogP contribution in [0.4, 0.5) is 0 Å². The van der Waals surface area contributed by atoms with Crippen molar-refractivity contribution in [1.82, 2.24) is 0 Å². The van der Waals surface area contributed by atoms with Gasteiger partial charge in [0.15, 0.2) is 6.29 Å². The Morgan fingerprint density at radius 1 is 1.50 bits per heavy atom. The summed E-state index contributed by atoms with van der Waals surface area (Å²) in [6.45, 7) is 0.629. The van der Waals surface area contributed by atoms with Crippen LogP contribution >= 0.6 is 15.9 Å². The summed E-state index contributed by atoms with van der Waals surface area (Å²) in [5.74, 6) is 0. The molecule has 4 atom stereocenters. The minimum absolute atomic E-state index is 0.138. The molecule has 4 heteroatoms. The van der Waals surface area contributed by atoms with Gasteiger partial charge in [-0.25, -0.2) is 0 Å². The predicted molar refractivity (Wildman–Crippen MR) is 38.0 cm³/mol. The third kappa shape index (κ3) is 0.993. The van der Waals surface area contributed by atoms with E-state index in [1.165, 1.54) is 0 Å². The van der Waals surface area contributed by atoms with E-state index in [2.05, 4.69) is 15.9 Å². The van der Waals surface area contributed by atoms with Crippen molar-refractivity contribution in [3.63, 3.8) is 0 Å². The minimum Gasteiger partial charge on any atom is -0.387 e. The van der Waals surface area contributed by atoms with Gasteiger partial charge in [0.2, 0.25) is 0 Å². The molecular formula is C6H9BrO3. The topological polar surface area (TPSA) is 38.7 Å². The van der Waals surface area contributed by atoms with Crippen LogP contribution in [0.5, 0.6) is 0 Å². The summed E-state index contributed by atoms with van der Waals surface area (Å²) in [5, 5.41) is 9.37. The van der Waals surface area contributed by atoms with Gasteiger partial charge in [-0.15, -0.1) is 0 Å². The van der Waals surface area contributed by atoms with E-state index in [1.807, 2.05) is 0 Å².